The zero-order chi connectivity index (χ0) is 13.9. The van der Waals surface area contributed by atoms with Crippen LogP contribution < -0.4 is 5.32 Å². The number of rotatable bonds is 5. The maximum Gasteiger partial charge on any atom is 0.0274 e. The molecule has 1 saturated carbocycles. The molecule has 0 bridgehead atoms. The zero-order valence-electron chi connectivity index (χ0n) is 13.5. The molecule has 0 spiro atoms. The van der Waals surface area contributed by atoms with Crippen molar-refractivity contribution in [3.05, 3.63) is 0 Å². The van der Waals surface area contributed by atoms with E-state index in [1.165, 1.54) is 58.0 Å². The van der Waals surface area contributed by atoms with Gasteiger partial charge < -0.3 is 5.32 Å². The molecule has 0 aromatic heterocycles. The molecule has 0 radical (unpaired) electrons. The van der Waals surface area contributed by atoms with Gasteiger partial charge in [-0.15, -0.1) is 0 Å². The minimum atomic E-state index is 0.468. The molecule has 0 aromatic rings. The highest BCUT2D eigenvalue weighted by atomic mass is 15.2. The van der Waals surface area contributed by atoms with Gasteiger partial charge in [-0.25, -0.2) is 0 Å². The van der Waals surface area contributed by atoms with E-state index < -0.39 is 0 Å². The van der Waals surface area contributed by atoms with Crippen molar-refractivity contribution in [1.82, 2.24) is 10.2 Å². The molecule has 19 heavy (non-hydrogen) atoms. The van der Waals surface area contributed by atoms with Crippen LogP contribution in [0.5, 0.6) is 0 Å². The Balaban J connectivity index is 2.07. The van der Waals surface area contributed by atoms with E-state index >= 15 is 0 Å². The molecule has 1 aliphatic carbocycles. The highest BCUT2D eigenvalue weighted by Gasteiger charge is 2.45. The molecule has 2 aliphatic rings. The summed E-state index contributed by atoms with van der Waals surface area (Å²) in [4.78, 5) is 2.87. The number of hydrogen-bond acceptors (Lipinski definition) is 2. The summed E-state index contributed by atoms with van der Waals surface area (Å²) in [6, 6.07) is 2.32. The molecule has 2 heteroatoms. The number of likely N-dealkylation sites (tertiary alicyclic amines) is 1. The Labute approximate surface area is 120 Å². The van der Waals surface area contributed by atoms with Crippen molar-refractivity contribution in [3.8, 4) is 0 Å². The van der Waals surface area contributed by atoms with Crippen LogP contribution in [0.15, 0.2) is 0 Å². The average Bonchev–Trinajstić information content (AvgIpc) is 2.71. The Morgan fingerprint density at radius 1 is 1.16 bits per heavy atom. The lowest BCUT2D eigenvalue weighted by Gasteiger charge is -2.44. The molecule has 0 amide bonds. The van der Waals surface area contributed by atoms with E-state index in [0.29, 0.717) is 11.5 Å². The summed E-state index contributed by atoms with van der Waals surface area (Å²) in [5, 5.41) is 3.87. The summed E-state index contributed by atoms with van der Waals surface area (Å²) < 4.78 is 0. The van der Waals surface area contributed by atoms with Crippen LogP contribution in [-0.2, 0) is 0 Å². The quantitative estimate of drug-likeness (QED) is 0.814. The van der Waals surface area contributed by atoms with Gasteiger partial charge in [0.25, 0.3) is 0 Å². The molecule has 1 saturated heterocycles. The minimum Gasteiger partial charge on any atom is -0.312 e. The Hall–Kier alpha value is -0.0800. The van der Waals surface area contributed by atoms with Crippen LogP contribution in [0, 0.1) is 5.41 Å². The highest BCUT2D eigenvalue weighted by molar-refractivity contribution is 5.02. The fourth-order valence-electron chi connectivity index (χ4n) is 4.33. The predicted octanol–water partition coefficient (Wildman–Crippen LogP) is 3.81. The van der Waals surface area contributed by atoms with Gasteiger partial charge in [-0.2, -0.15) is 0 Å². The monoisotopic (exact) mass is 266 g/mol. The Morgan fingerprint density at radius 2 is 1.95 bits per heavy atom. The van der Waals surface area contributed by atoms with E-state index in [9.17, 15) is 0 Å². The van der Waals surface area contributed by atoms with Crippen molar-refractivity contribution >= 4 is 0 Å². The lowest BCUT2D eigenvalue weighted by Crippen LogP contribution is -2.56. The van der Waals surface area contributed by atoms with Gasteiger partial charge in [-0.1, -0.05) is 34.1 Å². The predicted molar refractivity (Wildman–Crippen MR) is 83.5 cm³/mol. The van der Waals surface area contributed by atoms with E-state index in [4.69, 9.17) is 0 Å². The Kier molecular flexibility index (Phi) is 5.30. The fourth-order valence-corrected chi connectivity index (χ4v) is 4.33. The second-order valence-corrected chi connectivity index (χ2v) is 7.32. The normalized spacial score (nSPS) is 35.7. The molecule has 3 unspecified atom stereocenters. The molecular weight excluding hydrogens is 232 g/mol. The third kappa shape index (κ3) is 3.33. The summed E-state index contributed by atoms with van der Waals surface area (Å²) in [6.07, 6.45) is 9.63. The van der Waals surface area contributed by atoms with Crippen LogP contribution in [0.4, 0.5) is 0 Å². The summed E-state index contributed by atoms with van der Waals surface area (Å²) >= 11 is 0. The molecule has 3 atom stereocenters. The zero-order valence-corrected chi connectivity index (χ0v) is 13.5. The van der Waals surface area contributed by atoms with Gasteiger partial charge in [0, 0.05) is 18.1 Å². The molecule has 1 N–H and O–H groups in total. The van der Waals surface area contributed by atoms with E-state index in [-0.39, 0.29) is 0 Å². The first-order chi connectivity index (χ1) is 9.10. The number of piperidine rings is 1. The third-order valence-electron chi connectivity index (χ3n) is 5.50. The molecule has 1 heterocycles. The molecule has 0 aromatic carbocycles. The minimum absolute atomic E-state index is 0.468. The van der Waals surface area contributed by atoms with Gasteiger partial charge in [0.05, 0.1) is 0 Å². The van der Waals surface area contributed by atoms with E-state index in [1.807, 2.05) is 0 Å². The maximum absolute atomic E-state index is 3.87. The second-order valence-electron chi connectivity index (χ2n) is 7.32. The standard InChI is InChI=1S/C17H34N2/c1-5-12-18-16-15(10-11-17(16,3)4)19-13-8-7-9-14(19)6-2/h14-16,18H,5-13H2,1-4H3. The summed E-state index contributed by atoms with van der Waals surface area (Å²) in [5.74, 6) is 0. The average molecular weight is 266 g/mol. The number of nitrogens with zero attached hydrogens (tertiary/aromatic N) is 1. The van der Waals surface area contributed by atoms with Crippen LogP contribution in [0.2, 0.25) is 0 Å². The van der Waals surface area contributed by atoms with E-state index in [0.717, 1.165) is 12.1 Å². The van der Waals surface area contributed by atoms with Gasteiger partial charge >= 0.3 is 0 Å². The third-order valence-corrected chi connectivity index (χ3v) is 5.50. The summed E-state index contributed by atoms with van der Waals surface area (Å²) in [7, 11) is 0. The Morgan fingerprint density at radius 3 is 2.63 bits per heavy atom. The highest BCUT2D eigenvalue weighted by Crippen LogP contribution is 2.41. The van der Waals surface area contributed by atoms with Crippen LogP contribution in [0.25, 0.3) is 0 Å². The van der Waals surface area contributed by atoms with Crippen molar-refractivity contribution in [2.75, 3.05) is 13.1 Å². The van der Waals surface area contributed by atoms with Gasteiger partial charge in [-0.3, -0.25) is 4.90 Å². The van der Waals surface area contributed by atoms with Crippen molar-refractivity contribution in [2.24, 2.45) is 5.41 Å². The van der Waals surface area contributed by atoms with Crippen molar-refractivity contribution < 1.29 is 0 Å². The van der Waals surface area contributed by atoms with Gasteiger partial charge in [0.1, 0.15) is 0 Å². The SMILES string of the molecule is CCCNC1C(N2CCCCC2CC)CCC1(C)C. The Bertz CT molecular complexity index is 274. The van der Waals surface area contributed by atoms with Gasteiger partial charge in [0.15, 0.2) is 0 Å². The van der Waals surface area contributed by atoms with Crippen LogP contribution in [0.3, 0.4) is 0 Å². The number of hydrogen-bond donors (Lipinski definition) is 1. The van der Waals surface area contributed by atoms with E-state index in [1.54, 1.807) is 0 Å². The lowest BCUT2D eigenvalue weighted by atomic mass is 9.85. The largest absolute Gasteiger partial charge is 0.312 e. The van der Waals surface area contributed by atoms with Crippen LogP contribution >= 0.6 is 0 Å². The molecule has 2 nitrogen and oxygen atoms in total. The fraction of sp³-hybridized carbons (Fsp3) is 1.00. The van der Waals surface area contributed by atoms with Gasteiger partial charge in [0.2, 0.25) is 0 Å². The molecule has 2 rings (SSSR count). The van der Waals surface area contributed by atoms with Crippen molar-refractivity contribution in [2.45, 2.75) is 90.8 Å². The van der Waals surface area contributed by atoms with Crippen molar-refractivity contribution in [1.29, 1.82) is 0 Å². The van der Waals surface area contributed by atoms with Crippen LogP contribution in [0.1, 0.15) is 72.6 Å². The lowest BCUT2D eigenvalue weighted by molar-refractivity contribution is 0.0675. The maximum atomic E-state index is 3.87. The smallest absolute Gasteiger partial charge is 0.0274 e. The number of nitrogens with one attached hydrogen (secondary N) is 1. The molecule has 2 fully saturated rings. The first-order valence-corrected chi connectivity index (χ1v) is 8.59. The van der Waals surface area contributed by atoms with Crippen LogP contribution in [-0.4, -0.2) is 36.1 Å². The summed E-state index contributed by atoms with van der Waals surface area (Å²) in [5.41, 5.74) is 0.468. The first-order valence-electron chi connectivity index (χ1n) is 8.59. The van der Waals surface area contributed by atoms with E-state index in [2.05, 4.69) is 37.9 Å². The topological polar surface area (TPSA) is 15.3 Å². The first kappa shape index (κ1) is 15.3. The molecule has 1 aliphatic heterocycles. The molecular formula is C17H34N2. The second kappa shape index (κ2) is 6.58. The molecule has 112 valence electrons. The summed E-state index contributed by atoms with van der Waals surface area (Å²) in [6.45, 7) is 12.1. The van der Waals surface area contributed by atoms with Gasteiger partial charge in [-0.05, 0) is 57.0 Å². The van der Waals surface area contributed by atoms with Crippen molar-refractivity contribution in [3.63, 3.8) is 0 Å².